The third-order valence-electron chi connectivity index (χ3n) is 5.09. The Bertz CT molecular complexity index is 982. The van der Waals surface area contributed by atoms with E-state index in [-0.39, 0.29) is 17.3 Å². The van der Waals surface area contributed by atoms with E-state index in [2.05, 4.69) is 21.3 Å². The van der Waals surface area contributed by atoms with Crippen molar-refractivity contribution < 1.29 is 14.5 Å². The van der Waals surface area contributed by atoms with Crippen LogP contribution in [0.3, 0.4) is 0 Å². The zero-order valence-electron chi connectivity index (χ0n) is 16.7. The highest BCUT2D eigenvalue weighted by Crippen LogP contribution is 2.29. The Morgan fingerprint density at radius 1 is 1.30 bits per heavy atom. The first-order chi connectivity index (χ1) is 14.4. The second-order valence-corrected chi connectivity index (χ2v) is 6.84. The van der Waals surface area contributed by atoms with Gasteiger partial charge in [-0.25, -0.2) is 4.98 Å². The van der Waals surface area contributed by atoms with Crippen LogP contribution in [-0.4, -0.2) is 60.0 Å². The molecule has 1 aliphatic heterocycles. The zero-order valence-corrected chi connectivity index (χ0v) is 16.7. The van der Waals surface area contributed by atoms with Crippen LogP contribution < -0.4 is 15.0 Å². The van der Waals surface area contributed by atoms with Gasteiger partial charge in [0.1, 0.15) is 11.6 Å². The molecule has 156 valence electrons. The predicted molar refractivity (Wildman–Crippen MR) is 110 cm³/mol. The number of hydrogen-bond acceptors (Lipinski definition) is 8. The number of amides is 1. The number of nitriles is 1. The van der Waals surface area contributed by atoms with Gasteiger partial charge in [-0.15, -0.1) is 0 Å². The van der Waals surface area contributed by atoms with Gasteiger partial charge >= 0.3 is 0 Å². The lowest BCUT2D eigenvalue weighted by Crippen LogP contribution is -2.53. The van der Waals surface area contributed by atoms with Crippen molar-refractivity contribution in [1.82, 2.24) is 9.88 Å². The van der Waals surface area contributed by atoms with Crippen molar-refractivity contribution in [1.29, 1.82) is 5.26 Å². The SMILES string of the molecule is COc1ccc([N+](=O)[O-])cc1NC(=O)C(C)N1CCN(c2cc(C#N)ccn2)CC1. The van der Waals surface area contributed by atoms with Gasteiger partial charge < -0.3 is 15.0 Å². The maximum atomic E-state index is 12.8. The van der Waals surface area contributed by atoms with Crippen molar-refractivity contribution in [2.45, 2.75) is 13.0 Å². The lowest BCUT2D eigenvalue weighted by atomic mass is 10.2. The number of hydrogen-bond donors (Lipinski definition) is 1. The summed E-state index contributed by atoms with van der Waals surface area (Å²) in [6, 6.07) is 9.16. The fraction of sp³-hybridized carbons (Fsp3) is 0.350. The van der Waals surface area contributed by atoms with Crippen LogP contribution in [0.2, 0.25) is 0 Å². The number of piperazine rings is 1. The average Bonchev–Trinajstić information content (AvgIpc) is 2.78. The molecule has 1 saturated heterocycles. The molecule has 1 fully saturated rings. The van der Waals surface area contributed by atoms with Gasteiger partial charge in [0.15, 0.2) is 0 Å². The molecule has 1 unspecified atom stereocenters. The van der Waals surface area contributed by atoms with Crippen LogP contribution in [0, 0.1) is 21.4 Å². The Morgan fingerprint density at radius 3 is 2.67 bits per heavy atom. The Morgan fingerprint density at radius 2 is 2.03 bits per heavy atom. The van der Waals surface area contributed by atoms with E-state index < -0.39 is 11.0 Å². The van der Waals surface area contributed by atoms with E-state index in [1.54, 1.807) is 25.3 Å². The van der Waals surface area contributed by atoms with Gasteiger partial charge in [-0.1, -0.05) is 0 Å². The number of methoxy groups -OCH3 is 1. The molecule has 0 radical (unpaired) electrons. The standard InChI is InChI=1S/C20H22N6O4/c1-14(20(27)23-17-12-16(26(28)29)3-4-18(17)30-2)24-7-9-25(10-8-24)19-11-15(13-21)5-6-22-19/h3-6,11-12,14H,7-10H2,1-2H3,(H,23,27). The molecule has 10 nitrogen and oxygen atoms in total. The number of non-ortho nitro benzene ring substituents is 1. The molecule has 1 aromatic carbocycles. The second kappa shape index (κ2) is 9.19. The van der Waals surface area contributed by atoms with Crippen molar-refractivity contribution in [3.8, 4) is 11.8 Å². The number of carbonyl (C=O) groups is 1. The number of anilines is 2. The number of nitro groups is 1. The summed E-state index contributed by atoms with van der Waals surface area (Å²) in [5.41, 5.74) is 0.695. The minimum atomic E-state index is -0.521. The molecule has 10 heteroatoms. The van der Waals surface area contributed by atoms with E-state index in [0.717, 1.165) is 5.82 Å². The zero-order chi connectivity index (χ0) is 21.7. The summed E-state index contributed by atoms with van der Waals surface area (Å²) in [4.78, 5) is 31.7. The molecule has 30 heavy (non-hydrogen) atoms. The van der Waals surface area contributed by atoms with Crippen molar-refractivity contribution in [3.05, 3.63) is 52.2 Å². The Balaban J connectivity index is 1.63. The molecule has 0 bridgehead atoms. The number of pyridine rings is 1. The maximum absolute atomic E-state index is 12.8. The summed E-state index contributed by atoms with van der Waals surface area (Å²) >= 11 is 0. The summed E-state index contributed by atoms with van der Waals surface area (Å²) < 4.78 is 5.20. The number of rotatable bonds is 6. The average molecular weight is 410 g/mol. The van der Waals surface area contributed by atoms with Gasteiger partial charge in [-0.05, 0) is 25.1 Å². The molecule has 0 saturated carbocycles. The highest BCUT2D eigenvalue weighted by atomic mass is 16.6. The summed E-state index contributed by atoms with van der Waals surface area (Å²) in [5, 5.41) is 22.8. The lowest BCUT2D eigenvalue weighted by Gasteiger charge is -2.38. The topological polar surface area (TPSA) is 125 Å². The van der Waals surface area contributed by atoms with Crippen LogP contribution in [0.1, 0.15) is 12.5 Å². The van der Waals surface area contributed by atoms with E-state index in [9.17, 15) is 14.9 Å². The van der Waals surface area contributed by atoms with Gasteiger partial charge in [-0.3, -0.25) is 19.8 Å². The quantitative estimate of drug-likeness (QED) is 0.566. The number of nitro benzene ring substituents is 1. The number of benzene rings is 1. The first-order valence-corrected chi connectivity index (χ1v) is 9.41. The maximum Gasteiger partial charge on any atom is 0.271 e. The predicted octanol–water partition coefficient (Wildman–Crippen LogP) is 2.02. The lowest BCUT2D eigenvalue weighted by molar-refractivity contribution is -0.384. The Hall–Kier alpha value is -3.71. The first kappa shape index (κ1) is 21.0. The van der Waals surface area contributed by atoms with Crippen molar-refractivity contribution in [3.63, 3.8) is 0 Å². The number of aromatic nitrogens is 1. The van der Waals surface area contributed by atoms with Crippen molar-refractivity contribution >= 4 is 23.1 Å². The van der Waals surface area contributed by atoms with Crippen LogP contribution >= 0.6 is 0 Å². The van der Waals surface area contributed by atoms with E-state index in [4.69, 9.17) is 10.00 Å². The van der Waals surface area contributed by atoms with Crippen LogP contribution in [0.15, 0.2) is 36.5 Å². The third kappa shape index (κ3) is 4.64. The molecule has 0 aliphatic carbocycles. The highest BCUT2D eigenvalue weighted by molar-refractivity contribution is 5.96. The van der Waals surface area contributed by atoms with Crippen molar-refractivity contribution in [2.24, 2.45) is 0 Å². The first-order valence-electron chi connectivity index (χ1n) is 9.41. The minimum absolute atomic E-state index is 0.125. The summed E-state index contributed by atoms with van der Waals surface area (Å²) in [5.74, 6) is 0.827. The molecule has 2 aromatic rings. The molecular formula is C20H22N6O4. The molecule has 0 spiro atoms. The highest BCUT2D eigenvalue weighted by Gasteiger charge is 2.27. The molecule has 1 N–H and O–H groups in total. The fourth-order valence-corrected chi connectivity index (χ4v) is 3.31. The van der Waals surface area contributed by atoms with Crippen molar-refractivity contribution in [2.75, 3.05) is 43.5 Å². The Kier molecular flexibility index (Phi) is 6.44. The molecule has 1 amide bonds. The van der Waals surface area contributed by atoms with E-state index in [1.807, 2.05) is 4.90 Å². The van der Waals surface area contributed by atoms with Crippen LogP contribution in [-0.2, 0) is 4.79 Å². The van der Waals surface area contributed by atoms with E-state index >= 15 is 0 Å². The summed E-state index contributed by atoms with van der Waals surface area (Å²) in [6.07, 6.45) is 1.61. The molecule has 1 aliphatic rings. The van der Waals surface area contributed by atoms with Gasteiger partial charge in [-0.2, -0.15) is 5.26 Å². The van der Waals surface area contributed by atoms with Gasteiger partial charge in [0.25, 0.3) is 5.69 Å². The van der Waals surface area contributed by atoms with Gasteiger partial charge in [0, 0.05) is 44.5 Å². The Labute approximate surface area is 173 Å². The minimum Gasteiger partial charge on any atom is -0.495 e. The largest absolute Gasteiger partial charge is 0.495 e. The molecular weight excluding hydrogens is 388 g/mol. The molecule has 2 heterocycles. The van der Waals surface area contributed by atoms with Crippen LogP contribution in [0.5, 0.6) is 5.75 Å². The third-order valence-corrected chi connectivity index (χ3v) is 5.09. The van der Waals surface area contributed by atoms with Crippen LogP contribution in [0.4, 0.5) is 17.2 Å². The number of ether oxygens (including phenoxy) is 1. The number of nitrogens with one attached hydrogen (secondary N) is 1. The van der Waals surface area contributed by atoms with E-state index in [0.29, 0.717) is 37.5 Å². The summed E-state index contributed by atoms with van der Waals surface area (Å²) in [6.45, 7) is 4.40. The molecule has 3 rings (SSSR count). The number of carbonyl (C=O) groups excluding carboxylic acids is 1. The second-order valence-electron chi connectivity index (χ2n) is 6.84. The normalized spacial score (nSPS) is 15.2. The summed E-state index contributed by atoms with van der Waals surface area (Å²) in [7, 11) is 1.44. The molecule has 1 atom stereocenters. The fourth-order valence-electron chi connectivity index (χ4n) is 3.31. The van der Waals surface area contributed by atoms with Gasteiger partial charge in [0.05, 0.1) is 35.4 Å². The molecule has 1 aromatic heterocycles. The monoisotopic (exact) mass is 410 g/mol. The van der Waals surface area contributed by atoms with Gasteiger partial charge in [0.2, 0.25) is 5.91 Å². The number of nitrogens with zero attached hydrogens (tertiary/aromatic N) is 5. The smallest absolute Gasteiger partial charge is 0.271 e. The van der Waals surface area contributed by atoms with Crippen LogP contribution in [0.25, 0.3) is 0 Å². The van der Waals surface area contributed by atoms with E-state index in [1.165, 1.54) is 25.3 Å².